The van der Waals surface area contributed by atoms with Crippen molar-refractivity contribution in [3.63, 3.8) is 0 Å². The molecule has 0 saturated heterocycles. The summed E-state index contributed by atoms with van der Waals surface area (Å²) in [6.45, 7) is 0.689. The molecule has 0 bridgehead atoms. The van der Waals surface area contributed by atoms with Gasteiger partial charge in [-0.15, -0.1) is 0 Å². The Morgan fingerprint density at radius 1 is 1.00 bits per heavy atom. The first-order valence-corrected chi connectivity index (χ1v) is 8.41. The first kappa shape index (κ1) is 18.4. The Labute approximate surface area is 157 Å². The smallest absolute Gasteiger partial charge is 0.261 e. The lowest BCUT2D eigenvalue weighted by molar-refractivity contribution is 0.0692. The fourth-order valence-electron chi connectivity index (χ4n) is 2.79. The zero-order chi connectivity index (χ0) is 19.6. The van der Waals surface area contributed by atoms with E-state index in [2.05, 4.69) is 0 Å². The van der Waals surface area contributed by atoms with Gasteiger partial charge in [-0.1, -0.05) is 0 Å². The Hall–Kier alpha value is -3.35. The van der Waals surface area contributed by atoms with E-state index in [9.17, 15) is 14.4 Å². The highest BCUT2D eigenvalue weighted by atomic mass is 16.5. The molecule has 0 aliphatic carbocycles. The summed E-state index contributed by atoms with van der Waals surface area (Å²) in [4.78, 5) is 39.1. The van der Waals surface area contributed by atoms with E-state index in [0.717, 1.165) is 10.6 Å². The lowest BCUT2D eigenvalue weighted by Gasteiger charge is -2.18. The molecule has 27 heavy (non-hydrogen) atoms. The summed E-state index contributed by atoms with van der Waals surface area (Å²) in [5.41, 5.74) is 0.943. The van der Waals surface area contributed by atoms with E-state index in [1.54, 1.807) is 44.5 Å². The van der Waals surface area contributed by atoms with Crippen LogP contribution in [0.5, 0.6) is 11.5 Å². The van der Waals surface area contributed by atoms with Crippen LogP contribution in [0.1, 0.15) is 31.1 Å². The highest BCUT2D eigenvalue weighted by Gasteiger charge is 2.33. The lowest BCUT2D eigenvalue weighted by Crippen LogP contribution is -2.31. The number of hydrogen-bond donors (Lipinski definition) is 0. The van der Waals surface area contributed by atoms with E-state index in [1.807, 2.05) is 0 Å². The molecule has 7 heteroatoms. The molecule has 1 aliphatic heterocycles. The molecule has 1 heterocycles. The molecule has 3 rings (SSSR count). The first-order chi connectivity index (χ1) is 12.9. The molecular formula is C20H20N2O5. The van der Waals surface area contributed by atoms with E-state index in [1.165, 1.54) is 24.1 Å². The fraction of sp³-hybridized carbons (Fsp3) is 0.250. The van der Waals surface area contributed by atoms with Crippen molar-refractivity contribution in [3.8, 4) is 11.5 Å². The largest absolute Gasteiger partial charge is 0.497 e. The number of fused-ring (bicyclic) bond motifs is 1. The van der Waals surface area contributed by atoms with Gasteiger partial charge in [-0.05, 0) is 42.5 Å². The van der Waals surface area contributed by atoms with Crippen LogP contribution in [0.15, 0.2) is 42.5 Å². The van der Waals surface area contributed by atoms with Crippen molar-refractivity contribution in [2.24, 2.45) is 0 Å². The summed E-state index contributed by atoms with van der Waals surface area (Å²) >= 11 is 0. The third-order valence-electron chi connectivity index (χ3n) is 4.44. The van der Waals surface area contributed by atoms with Gasteiger partial charge in [-0.3, -0.25) is 19.3 Å². The molecule has 0 saturated carbocycles. The molecule has 0 spiro atoms. The van der Waals surface area contributed by atoms with Crippen LogP contribution < -0.4 is 9.47 Å². The van der Waals surface area contributed by atoms with Crippen LogP contribution in [0.4, 0.5) is 0 Å². The second-order valence-corrected chi connectivity index (χ2v) is 6.18. The zero-order valence-corrected chi connectivity index (χ0v) is 15.4. The van der Waals surface area contributed by atoms with Gasteiger partial charge in [0.05, 0.1) is 24.8 Å². The molecule has 0 aromatic heterocycles. The second-order valence-electron chi connectivity index (χ2n) is 6.18. The molecule has 3 amide bonds. The summed E-state index contributed by atoms with van der Waals surface area (Å²) < 4.78 is 10.7. The second kappa shape index (κ2) is 7.49. The van der Waals surface area contributed by atoms with Gasteiger partial charge < -0.3 is 14.4 Å². The van der Waals surface area contributed by atoms with E-state index in [4.69, 9.17) is 9.47 Å². The molecule has 7 nitrogen and oxygen atoms in total. The number of likely N-dealkylation sites (N-methyl/N-ethyl adjacent to an activating group) is 1. The van der Waals surface area contributed by atoms with Gasteiger partial charge in [0.15, 0.2) is 0 Å². The summed E-state index contributed by atoms with van der Waals surface area (Å²) in [6.07, 6.45) is 0. The zero-order valence-electron chi connectivity index (χ0n) is 15.4. The highest BCUT2D eigenvalue weighted by Crippen LogP contribution is 2.23. The predicted molar refractivity (Wildman–Crippen MR) is 98.3 cm³/mol. The van der Waals surface area contributed by atoms with Gasteiger partial charge in [0.1, 0.15) is 18.1 Å². The van der Waals surface area contributed by atoms with Crippen molar-refractivity contribution in [3.05, 3.63) is 59.2 Å². The summed E-state index contributed by atoms with van der Waals surface area (Å²) in [6, 6.07) is 11.7. The van der Waals surface area contributed by atoms with Crippen LogP contribution in [-0.2, 0) is 0 Å². The Bertz CT molecular complexity index is 892. The quantitative estimate of drug-likeness (QED) is 0.730. The number of amides is 3. The Kier molecular flexibility index (Phi) is 5.12. The summed E-state index contributed by atoms with van der Waals surface area (Å²) in [5, 5.41) is 0. The minimum atomic E-state index is -0.393. The normalized spacial score (nSPS) is 12.8. The van der Waals surface area contributed by atoms with Crippen LogP contribution in [0.2, 0.25) is 0 Å². The molecule has 2 aromatic rings. The molecule has 140 valence electrons. The standard InChI is InChI=1S/C20H20N2O5/c1-21(10-11-27-15-7-5-14(26-3)6-8-15)18(23)13-4-9-16-17(12-13)20(25)22(2)19(16)24/h4-9,12H,10-11H2,1-3H3. The van der Waals surface area contributed by atoms with E-state index in [-0.39, 0.29) is 17.4 Å². The topological polar surface area (TPSA) is 76.2 Å². The number of hydrogen-bond acceptors (Lipinski definition) is 5. The third-order valence-corrected chi connectivity index (χ3v) is 4.44. The van der Waals surface area contributed by atoms with Gasteiger partial charge >= 0.3 is 0 Å². The molecule has 1 aliphatic rings. The number of methoxy groups -OCH3 is 1. The highest BCUT2D eigenvalue weighted by molar-refractivity contribution is 6.21. The average molecular weight is 368 g/mol. The van der Waals surface area contributed by atoms with Gasteiger partial charge in [0, 0.05) is 19.7 Å². The average Bonchev–Trinajstić information content (AvgIpc) is 2.91. The lowest BCUT2D eigenvalue weighted by atomic mass is 10.1. The van der Waals surface area contributed by atoms with E-state index < -0.39 is 5.91 Å². The Morgan fingerprint density at radius 3 is 2.30 bits per heavy atom. The van der Waals surface area contributed by atoms with Crippen LogP contribution >= 0.6 is 0 Å². The summed E-state index contributed by atoms with van der Waals surface area (Å²) in [7, 11) is 4.68. The molecule has 0 unspecified atom stereocenters. The number of carbonyl (C=O) groups is 3. The minimum absolute atomic E-state index is 0.245. The van der Waals surface area contributed by atoms with Crippen LogP contribution in [-0.4, -0.2) is 61.9 Å². The number of nitrogens with zero attached hydrogens (tertiary/aromatic N) is 2. The van der Waals surface area contributed by atoms with Gasteiger partial charge in [-0.25, -0.2) is 0 Å². The van der Waals surface area contributed by atoms with Crippen LogP contribution in [0.3, 0.4) is 0 Å². The fourth-order valence-corrected chi connectivity index (χ4v) is 2.79. The maximum Gasteiger partial charge on any atom is 0.261 e. The number of carbonyl (C=O) groups excluding carboxylic acids is 3. The Morgan fingerprint density at radius 2 is 1.63 bits per heavy atom. The maximum absolute atomic E-state index is 12.6. The van der Waals surface area contributed by atoms with Crippen molar-refractivity contribution < 1.29 is 23.9 Å². The van der Waals surface area contributed by atoms with Crippen molar-refractivity contribution in [2.75, 3.05) is 34.4 Å². The summed E-state index contributed by atoms with van der Waals surface area (Å²) in [5.74, 6) is 0.433. The number of rotatable bonds is 6. The van der Waals surface area contributed by atoms with Crippen molar-refractivity contribution in [1.29, 1.82) is 0 Å². The molecule has 0 N–H and O–H groups in total. The molecule has 0 fully saturated rings. The molecule has 2 aromatic carbocycles. The van der Waals surface area contributed by atoms with Crippen molar-refractivity contribution in [2.45, 2.75) is 0 Å². The first-order valence-electron chi connectivity index (χ1n) is 8.41. The number of imide groups is 1. The molecular weight excluding hydrogens is 348 g/mol. The van der Waals surface area contributed by atoms with Crippen LogP contribution in [0, 0.1) is 0 Å². The molecule has 0 radical (unpaired) electrons. The Balaban J connectivity index is 1.61. The minimum Gasteiger partial charge on any atom is -0.497 e. The van der Waals surface area contributed by atoms with E-state index in [0.29, 0.717) is 30.0 Å². The van der Waals surface area contributed by atoms with Gasteiger partial charge in [-0.2, -0.15) is 0 Å². The number of benzene rings is 2. The van der Waals surface area contributed by atoms with Gasteiger partial charge in [0.2, 0.25) is 0 Å². The van der Waals surface area contributed by atoms with E-state index >= 15 is 0 Å². The molecule has 0 atom stereocenters. The van der Waals surface area contributed by atoms with Gasteiger partial charge in [0.25, 0.3) is 17.7 Å². The van der Waals surface area contributed by atoms with Crippen molar-refractivity contribution in [1.82, 2.24) is 9.80 Å². The van der Waals surface area contributed by atoms with Crippen molar-refractivity contribution >= 4 is 17.7 Å². The third kappa shape index (κ3) is 3.62. The maximum atomic E-state index is 12.6. The monoisotopic (exact) mass is 368 g/mol. The predicted octanol–water partition coefficient (Wildman–Crippen LogP) is 2.07. The SMILES string of the molecule is COc1ccc(OCCN(C)C(=O)c2ccc3c(c2)C(=O)N(C)C3=O)cc1. The number of ether oxygens (including phenoxy) is 2. The van der Waals surface area contributed by atoms with Crippen LogP contribution in [0.25, 0.3) is 0 Å².